The number of morpholine rings is 1. The number of carbonyl (C=O) groups is 2. The fraction of sp³-hybridized carbons (Fsp3) is 0.579. The number of aryl methyl sites for hydroxylation is 1. The Kier molecular flexibility index (Phi) is 6.42. The van der Waals surface area contributed by atoms with E-state index < -0.39 is 0 Å². The number of rotatable bonds is 6. The zero-order chi connectivity index (χ0) is 17.5. The van der Waals surface area contributed by atoms with Crippen LogP contribution < -0.4 is 5.32 Å². The lowest BCUT2D eigenvalue weighted by Crippen LogP contribution is -2.57. The molecule has 2 amide bonds. The van der Waals surface area contributed by atoms with Crippen LogP contribution in [-0.4, -0.2) is 73.6 Å². The Morgan fingerprint density at radius 1 is 1.16 bits per heavy atom. The van der Waals surface area contributed by atoms with E-state index in [1.165, 1.54) is 5.56 Å². The Labute approximate surface area is 149 Å². The first-order valence-corrected chi connectivity index (χ1v) is 9.15. The molecule has 2 saturated heterocycles. The molecule has 2 fully saturated rings. The molecule has 0 saturated carbocycles. The van der Waals surface area contributed by atoms with Crippen LogP contribution in [0.15, 0.2) is 30.3 Å². The second-order valence-electron chi connectivity index (χ2n) is 6.63. The molecule has 1 unspecified atom stereocenters. The minimum Gasteiger partial charge on any atom is -0.378 e. The lowest BCUT2D eigenvalue weighted by Gasteiger charge is -2.36. The summed E-state index contributed by atoms with van der Waals surface area (Å²) in [6.07, 6.45) is 2.24. The molecule has 2 aliphatic heterocycles. The molecule has 25 heavy (non-hydrogen) atoms. The van der Waals surface area contributed by atoms with Gasteiger partial charge in [-0.1, -0.05) is 30.3 Å². The van der Waals surface area contributed by atoms with Gasteiger partial charge in [-0.3, -0.25) is 14.5 Å². The summed E-state index contributed by atoms with van der Waals surface area (Å²) in [6, 6.07) is 10.0. The summed E-state index contributed by atoms with van der Waals surface area (Å²) in [5, 5.41) is 2.90. The first-order valence-electron chi connectivity index (χ1n) is 9.15. The molecule has 0 aliphatic carbocycles. The van der Waals surface area contributed by atoms with Gasteiger partial charge >= 0.3 is 0 Å². The van der Waals surface area contributed by atoms with Gasteiger partial charge in [0.2, 0.25) is 11.8 Å². The van der Waals surface area contributed by atoms with Crippen LogP contribution in [0.5, 0.6) is 0 Å². The summed E-state index contributed by atoms with van der Waals surface area (Å²) in [7, 11) is 0. The van der Waals surface area contributed by atoms with Crippen LogP contribution in [0.25, 0.3) is 0 Å². The first kappa shape index (κ1) is 17.9. The highest BCUT2D eigenvalue weighted by Gasteiger charge is 2.32. The van der Waals surface area contributed by atoms with Gasteiger partial charge in [-0.05, 0) is 24.9 Å². The number of amides is 2. The van der Waals surface area contributed by atoms with E-state index in [-0.39, 0.29) is 24.3 Å². The molecule has 0 radical (unpaired) electrons. The average Bonchev–Trinajstić information content (AvgIpc) is 2.66. The first-order chi connectivity index (χ1) is 12.2. The normalized spacial score (nSPS) is 21.8. The SMILES string of the molecule is O=C1NCCN(CCCc2ccccc2)C1CC(=O)N1CCOCC1. The van der Waals surface area contributed by atoms with E-state index >= 15 is 0 Å². The highest BCUT2D eigenvalue weighted by atomic mass is 16.5. The Bertz CT molecular complexity index is 573. The topological polar surface area (TPSA) is 61.9 Å². The van der Waals surface area contributed by atoms with E-state index in [1.54, 1.807) is 0 Å². The van der Waals surface area contributed by atoms with E-state index in [4.69, 9.17) is 4.74 Å². The zero-order valence-corrected chi connectivity index (χ0v) is 14.7. The third kappa shape index (κ3) is 5.03. The van der Waals surface area contributed by atoms with Crippen molar-refractivity contribution in [2.24, 2.45) is 0 Å². The van der Waals surface area contributed by atoms with Crippen molar-refractivity contribution in [3.05, 3.63) is 35.9 Å². The van der Waals surface area contributed by atoms with Gasteiger partial charge in [0, 0.05) is 26.2 Å². The van der Waals surface area contributed by atoms with E-state index in [2.05, 4.69) is 22.3 Å². The van der Waals surface area contributed by atoms with Crippen LogP contribution >= 0.6 is 0 Å². The van der Waals surface area contributed by atoms with Gasteiger partial charge in [0.25, 0.3) is 0 Å². The molecule has 1 aromatic carbocycles. The molecule has 3 rings (SSSR count). The Morgan fingerprint density at radius 2 is 1.92 bits per heavy atom. The fourth-order valence-electron chi connectivity index (χ4n) is 3.49. The van der Waals surface area contributed by atoms with Crippen molar-refractivity contribution in [1.82, 2.24) is 15.1 Å². The summed E-state index contributed by atoms with van der Waals surface area (Å²) in [4.78, 5) is 28.8. The minimum atomic E-state index is -0.347. The molecule has 6 heteroatoms. The Balaban J connectivity index is 1.53. The number of piperazine rings is 1. The molecule has 1 N–H and O–H groups in total. The van der Waals surface area contributed by atoms with Crippen LogP contribution in [0.4, 0.5) is 0 Å². The standard InChI is InChI=1S/C19H27N3O3/c23-18(22-11-13-25-14-12-22)15-17-19(24)20-8-10-21(17)9-4-7-16-5-2-1-3-6-16/h1-3,5-6,17H,4,7-15H2,(H,20,24). The van der Waals surface area contributed by atoms with Crippen molar-refractivity contribution >= 4 is 11.8 Å². The predicted octanol–water partition coefficient (Wildman–Crippen LogP) is 0.668. The van der Waals surface area contributed by atoms with Crippen molar-refractivity contribution in [2.45, 2.75) is 25.3 Å². The van der Waals surface area contributed by atoms with E-state index in [9.17, 15) is 9.59 Å². The summed E-state index contributed by atoms with van der Waals surface area (Å²) in [5.74, 6) is 0.0333. The van der Waals surface area contributed by atoms with Crippen molar-refractivity contribution in [1.29, 1.82) is 0 Å². The number of benzene rings is 1. The van der Waals surface area contributed by atoms with Crippen LogP contribution in [0.3, 0.4) is 0 Å². The average molecular weight is 345 g/mol. The largest absolute Gasteiger partial charge is 0.378 e. The molecule has 1 atom stereocenters. The molecule has 2 heterocycles. The number of nitrogens with zero attached hydrogens (tertiary/aromatic N) is 2. The molecule has 2 aliphatic rings. The second-order valence-corrected chi connectivity index (χ2v) is 6.63. The third-order valence-corrected chi connectivity index (χ3v) is 4.93. The summed E-state index contributed by atoms with van der Waals surface area (Å²) in [5.41, 5.74) is 1.31. The van der Waals surface area contributed by atoms with E-state index in [0.29, 0.717) is 32.8 Å². The van der Waals surface area contributed by atoms with Gasteiger partial charge in [-0.25, -0.2) is 0 Å². The Hall–Kier alpha value is -1.92. The number of ether oxygens (including phenoxy) is 1. The Morgan fingerprint density at radius 3 is 2.68 bits per heavy atom. The molecule has 0 spiro atoms. The highest BCUT2D eigenvalue weighted by Crippen LogP contribution is 2.13. The molecule has 0 bridgehead atoms. The van der Waals surface area contributed by atoms with Crippen molar-refractivity contribution < 1.29 is 14.3 Å². The third-order valence-electron chi connectivity index (χ3n) is 4.93. The van der Waals surface area contributed by atoms with E-state index in [1.807, 2.05) is 23.1 Å². The maximum atomic E-state index is 12.5. The maximum Gasteiger partial charge on any atom is 0.237 e. The van der Waals surface area contributed by atoms with Gasteiger partial charge in [-0.2, -0.15) is 0 Å². The zero-order valence-electron chi connectivity index (χ0n) is 14.7. The molecule has 1 aromatic rings. The van der Waals surface area contributed by atoms with Crippen molar-refractivity contribution in [3.63, 3.8) is 0 Å². The van der Waals surface area contributed by atoms with Gasteiger partial charge in [0.15, 0.2) is 0 Å². The lowest BCUT2D eigenvalue weighted by atomic mass is 10.1. The van der Waals surface area contributed by atoms with Gasteiger partial charge < -0.3 is 15.0 Å². The predicted molar refractivity (Wildman–Crippen MR) is 95.1 cm³/mol. The molecular formula is C19H27N3O3. The molecule has 136 valence electrons. The number of hydrogen-bond donors (Lipinski definition) is 1. The van der Waals surface area contributed by atoms with Gasteiger partial charge in [0.05, 0.1) is 25.7 Å². The number of nitrogens with one attached hydrogen (secondary N) is 1. The van der Waals surface area contributed by atoms with Crippen LogP contribution in [0, 0.1) is 0 Å². The van der Waals surface area contributed by atoms with Gasteiger partial charge in [-0.15, -0.1) is 0 Å². The van der Waals surface area contributed by atoms with Crippen LogP contribution in [0.1, 0.15) is 18.4 Å². The molecular weight excluding hydrogens is 318 g/mol. The number of carbonyl (C=O) groups excluding carboxylic acids is 2. The van der Waals surface area contributed by atoms with E-state index in [0.717, 1.165) is 25.9 Å². The van der Waals surface area contributed by atoms with Crippen molar-refractivity contribution in [2.75, 3.05) is 45.9 Å². The lowest BCUT2D eigenvalue weighted by molar-refractivity contribution is -0.141. The second kappa shape index (κ2) is 8.97. The summed E-state index contributed by atoms with van der Waals surface area (Å²) < 4.78 is 5.29. The monoisotopic (exact) mass is 345 g/mol. The van der Waals surface area contributed by atoms with Crippen molar-refractivity contribution in [3.8, 4) is 0 Å². The highest BCUT2D eigenvalue weighted by molar-refractivity contribution is 5.88. The fourth-order valence-corrected chi connectivity index (χ4v) is 3.49. The maximum absolute atomic E-state index is 12.5. The molecule has 6 nitrogen and oxygen atoms in total. The smallest absolute Gasteiger partial charge is 0.237 e. The van der Waals surface area contributed by atoms with Crippen LogP contribution in [-0.2, 0) is 20.7 Å². The summed E-state index contributed by atoms with van der Waals surface area (Å²) in [6.45, 7) is 4.73. The van der Waals surface area contributed by atoms with Crippen LogP contribution in [0.2, 0.25) is 0 Å². The summed E-state index contributed by atoms with van der Waals surface area (Å²) >= 11 is 0. The quantitative estimate of drug-likeness (QED) is 0.823. The van der Waals surface area contributed by atoms with Gasteiger partial charge in [0.1, 0.15) is 0 Å². The molecule has 0 aromatic heterocycles. The number of hydrogen-bond acceptors (Lipinski definition) is 4. The minimum absolute atomic E-state index is 0.0208.